The van der Waals surface area contributed by atoms with Crippen molar-refractivity contribution < 1.29 is 4.79 Å². The van der Waals surface area contributed by atoms with E-state index in [1.165, 1.54) is 0 Å². The standard InChI is InChI=1S/C14H17N5O/c1-9-12(15)13(18-17-9)14(20)19-8-2-3-11(19)10-4-6-16-7-5-10/h4-7,11H,2-3,8,15H2,1H3,(H,17,18). The molecule has 1 amide bonds. The minimum Gasteiger partial charge on any atom is -0.395 e. The number of aromatic nitrogens is 3. The van der Waals surface area contributed by atoms with Gasteiger partial charge in [0.2, 0.25) is 0 Å². The zero-order valence-electron chi connectivity index (χ0n) is 11.3. The summed E-state index contributed by atoms with van der Waals surface area (Å²) in [5.74, 6) is -0.105. The molecular formula is C14H17N5O. The molecule has 6 heteroatoms. The van der Waals surface area contributed by atoms with E-state index < -0.39 is 0 Å². The summed E-state index contributed by atoms with van der Waals surface area (Å²) in [6, 6.07) is 3.99. The van der Waals surface area contributed by atoms with Gasteiger partial charge < -0.3 is 10.6 Å². The molecule has 1 aliphatic heterocycles. The highest BCUT2D eigenvalue weighted by Crippen LogP contribution is 2.33. The second kappa shape index (κ2) is 4.96. The number of carbonyl (C=O) groups excluding carboxylic acids is 1. The fourth-order valence-corrected chi connectivity index (χ4v) is 2.68. The van der Waals surface area contributed by atoms with Crippen molar-refractivity contribution in [1.82, 2.24) is 20.1 Å². The topological polar surface area (TPSA) is 87.9 Å². The lowest BCUT2D eigenvalue weighted by atomic mass is 10.1. The first kappa shape index (κ1) is 12.7. The minimum absolute atomic E-state index is 0.0851. The van der Waals surface area contributed by atoms with Crippen molar-refractivity contribution in [3.05, 3.63) is 41.5 Å². The van der Waals surface area contributed by atoms with Gasteiger partial charge in [-0.2, -0.15) is 5.10 Å². The molecule has 0 radical (unpaired) electrons. The van der Waals surface area contributed by atoms with E-state index in [0.29, 0.717) is 11.4 Å². The first-order valence-corrected chi connectivity index (χ1v) is 6.70. The first-order chi connectivity index (χ1) is 9.68. The number of aryl methyl sites for hydroxylation is 1. The van der Waals surface area contributed by atoms with Gasteiger partial charge in [0, 0.05) is 18.9 Å². The number of H-pyrrole nitrogens is 1. The fraction of sp³-hybridized carbons (Fsp3) is 0.357. The predicted octanol–water partition coefficient (Wildman–Crippen LogP) is 1.67. The molecule has 6 nitrogen and oxygen atoms in total. The molecule has 0 aliphatic carbocycles. The van der Waals surface area contributed by atoms with Crippen LogP contribution in [0.3, 0.4) is 0 Å². The van der Waals surface area contributed by atoms with Crippen molar-refractivity contribution >= 4 is 11.6 Å². The smallest absolute Gasteiger partial charge is 0.277 e. The molecule has 20 heavy (non-hydrogen) atoms. The summed E-state index contributed by atoms with van der Waals surface area (Å²) < 4.78 is 0. The number of hydrogen-bond acceptors (Lipinski definition) is 4. The maximum atomic E-state index is 12.6. The van der Waals surface area contributed by atoms with Crippen LogP contribution in [0, 0.1) is 6.92 Å². The summed E-state index contributed by atoms with van der Waals surface area (Å²) >= 11 is 0. The van der Waals surface area contributed by atoms with E-state index in [9.17, 15) is 4.79 Å². The Labute approximate surface area is 117 Å². The number of aromatic amines is 1. The Morgan fingerprint density at radius 2 is 2.20 bits per heavy atom. The quantitative estimate of drug-likeness (QED) is 0.869. The second-order valence-corrected chi connectivity index (χ2v) is 5.05. The Balaban J connectivity index is 1.89. The maximum absolute atomic E-state index is 12.6. The Kier molecular flexibility index (Phi) is 3.14. The first-order valence-electron chi connectivity index (χ1n) is 6.70. The number of nitrogen functional groups attached to an aromatic ring is 1. The Morgan fingerprint density at radius 1 is 1.45 bits per heavy atom. The van der Waals surface area contributed by atoms with E-state index in [0.717, 1.165) is 30.6 Å². The molecule has 0 aromatic carbocycles. The average molecular weight is 271 g/mol. The molecule has 1 atom stereocenters. The molecule has 0 spiro atoms. The molecule has 0 saturated carbocycles. The number of nitrogens with two attached hydrogens (primary N) is 1. The van der Waals surface area contributed by atoms with Gasteiger partial charge in [-0.15, -0.1) is 0 Å². The van der Waals surface area contributed by atoms with Crippen LogP contribution >= 0.6 is 0 Å². The van der Waals surface area contributed by atoms with Gasteiger partial charge in [-0.25, -0.2) is 0 Å². The maximum Gasteiger partial charge on any atom is 0.277 e. The number of amides is 1. The zero-order valence-corrected chi connectivity index (χ0v) is 11.3. The van der Waals surface area contributed by atoms with Gasteiger partial charge in [0.1, 0.15) is 0 Å². The van der Waals surface area contributed by atoms with Crippen molar-refractivity contribution in [3.8, 4) is 0 Å². The molecule has 3 N–H and O–H groups in total. The molecule has 3 heterocycles. The van der Waals surface area contributed by atoms with E-state index in [4.69, 9.17) is 5.73 Å². The van der Waals surface area contributed by atoms with Crippen molar-refractivity contribution in [2.45, 2.75) is 25.8 Å². The van der Waals surface area contributed by atoms with Crippen LogP contribution in [0.4, 0.5) is 5.69 Å². The summed E-state index contributed by atoms with van der Waals surface area (Å²) in [6.45, 7) is 2.54. The highest BCUT2D eigenvalue weighted by molar-refractivity contribution is 5.98. The van der Waals surface area contributed by atoms with Crippen molar-refractivity contribution in [1.29, 1.82) is 0 Å². The molecule has 3 rings (SSSR count). The highest BCUT2D eigenvalue weighted by atomic mass is 16.2. The molecule has 2 aromatic rings. The number of likely N-dealkylation sites (tertiary alicyclic amines) is 1. The average Bonchev–Trinajstić information content (AvgIpc) is 3.08. The van der Waals surface area contributed by atoms with Gasteiger partial charge in [-0.05, 0) is 37.5 Å². The number of anilines is 1. The van der Waals surface area contributed by atoms with Crippen molar-refractivity contribution in [2.24, 2.45) is 0 Å². The molecule has 1 aliphatic rings. The summed E-state index contributed by atoms with van der Waals surface area (Å²) in [5.41, 5.74) is 8.50. The minimum atomic E-state index is -0.105. The van der Waals surface area contributed by atoms with Gasteiger partial charge in [0.25, 0.3) is 5.91 Å². The van der Waals surface area contributed by atoms with E-state index in [1.54, 1.807) is 12.4 Å². The number of carbonyl (C=O) groups is 1. The number of nitrogens with zero attached hydrogens (tertiary/aromatic N) is 3. The molecule has 0 bridgehead atoms. The summed E-state index contributed by atoms with van der Waals surface area (Å²) in [6.07, 6.45) is 5.45. The predicted molar refractivity (Wildman–Crippen MR) is 75.0 cm³/mol. The lowest BCUT2D eigenvalue weighted by Gasteiger charge is -2.24. The molecule has 1 saturated heterocycles. The SMILES string of the molecule is Cc1[nH]nc(C(=O)N2CCCC2c2ccncc2)c1N. The van der Waals surface area contributed by atoms with Crippen LogP contribution in [0.15, 0.2) is 24.5 Å². The van der Waals surface area contributed by atoms with Crippen molar-refractivity contribution in [2.75, 3.05) is 12.3 Å². The Hall–Kier alpha value is -2.37. The normalized spacial score (nSPS) is 18.4. The highest BCUT2D eigenvalue weighted by Gasteiger charge is 2.32. The summed E-state index contributed by atoms with van der Waals surface area (Å²) in [7, 11) is 0. The number of hydrogen-bond donors (Lipinski definition) is 2. The zero-order chi connectivity index (χ0) is 14.1. The van der Waals surface area contributed by atoms with Crippen LogP contribution in [0.5, 0.6) is 0 Å². The number of nitrogens with one attached hydrogen (secondary N) is 1. The lowest BCUT2D eigenvalue weighted by Crippen LogP contribution is -2.31. The molecule has 1 unspecified atom stereocenters. The largest absolute Gasteiger partial charge is 0.395 e. The van der Waals surface area contributed by atoms with E-state index in [1.807, 2.05) is 24.0 Å². The second-order valence-electron chi connectivity index (χ2n) is 5.05. The summed E-state index contributed by atoms with van der Waals surface area (Å²) in [5, 5.41) is 6.80. The van der Waals surface area contributed by atoms with Gasteiger partial charge in [-0.3, -0.25) is 14.9 Å². The van der Waals surface area contributed by atoms with Crippen LogP contribution in [-0.2, 0) is 0 Å². The Bertz CT molecular complexity index is 622. The van der Waals surface area contributed by atoms with E-state index in [-0.39, 0.29) is 11.9 Å². The van der Waals surface area contributed by atoms with Gasteiger partial charge in [0.15, 0.2) is 5.69 Å². The monoisotopic (exact) mass is 271 g/mol. The van der Waals surface area contributed by atoms with Crippen LogP contribution in [0.2, 0.25) is 0 Å². The van der Waals surface area contributed by atoms with Crippen molar-refractivity contribution in [3.63, 3.8) is 0 Å². The fourth-order valence-electron chi connectivity index (χ4n) is 2.68. The molecule has 1 fully saturated rings. The number of pyridine rings is 1. The summed E-state index contributed by atoms with van der Waals surface area (Å²) in [4.78, 5) is 18.5. The van der Waals surface area contributed by atoms with Crippen LogP contribution in [0.1, 0.15) is 40.6 Å². The van der Waals surface area contributed by atoms with Gasteiger partial charge in [0.05, 0.1) is 17.4 Å². The third-order valence-electron chi connectivity index (χ3n) is 3.80. The molecule has 2 aromatic heterocycles. The molecule has 104 valence electrons. The number of rotatable bonds is 2. The van der Waals surface area contributed by atoms with Gasteiger partial charge >= 0.3 is 0 Å². The van der Waals surface area contributed by atoms with E-state index >= 15 is 0 Å². The van der Waals surface area contributed by atoms with Gasteiger partial charge in [-0.1, -0.05) is 0 Å². The van der Waals surface area contributed by atoms with Crippen LogP contribution in [-0.4, -0.2) is 32.5 Å². The third-order valence-corrected chi connectivity index (χ3v) is 3.80. The van der Waals surface area contributed by atoms with Crippen LogP contribution < -0.4 is 5.73 Å². The third kappa shape index (κ3) is 2.03. The van der Waals surface area contributed by atoms with Crippen LogP contribution in [0.25, 0.3) is 0 Å². The Morgan fingerprint density at radius 3 is 2.85 bits per heavy atom. The lowest BCUT2D eigenvalue weighted by molar-refractivity contribution is 0.0730. The van der Waals surface area contributed by atoms with E-state index in [2.05, 4.69) is 15.2 Å². The molecular weight excluding hydrogens is 254 g/mol.